The molecule has 2 N–H and O–H groups in total. The van der Waals surface area contributed by atoms with Gasteiger partial charge in [-0.05, 0) is 37.9 Å². The van der Waals surface area contributed by atoms with E-state index in [1.54, 1.807) is 11.3 Å². The van der Waals surface area contributed by atoms with E-state index in [4.69, 9.17) is 0 Å². The first-order valence-electron chi connectivity index (χ1n) is 6.81. The molecular weight excluding hydrogens is 292 g/mol. The molecular formula is C14H21ClN4S. The van der Waals surface area contributed by atoms with Crippen LogP contribution in [0.5, 0.6) is 0 Å². The van der Waals surface area contributed by atoms with Crippen molar-refractivity contribution in [2.45, 2.75) is 25.4 Å². The molecule has 1 aliphatic heterocycles. The molecule has 0 saturated carbocycles. The third-order valence-corrected chi connectivity index (χ3v) is 4.52. The summed E-state index contributed by atoms with van der Waals surface area (Å²) in [5.41, 5.74) is 3.72. The largest absolute Gasteiger partial charge is 0.316 e. The number of thiophene rings is 1. The predicted octanol–water partition coefficient (Wildman–Crippen LogP) is 2.74. The summed E-state index contributed by atoms with van der Waals surface area (Å²) in [6, 6.07) is 2.78. The zero-order valence-electron chi connectivity index (χ0n) is 11.6. The Balaban J connectivity index is 0.00000147. The van der Waals surface area contributed by atoms with E-state index in [0.717, 1.165) is 13.1 Å². The number of hydrogen-bond donors (Lipinski definition) is 2. The van der Waals surface area contributed by atoms with Crippen molar-refractivity contribution in [3.8, 4) is 11.3 Å². The third kappa shape index (κ3) is 3.41. The molecule has 1 unspecified atom stereocenters. The molecule has 0 aromatic carbocycles. The van der Waals surface area contributed by atoms with Crippen LogP contribution in [0.1, 0.15) is 18.4 Å². The van der Waals surface area contributed by atoms with Gasteiger partial charge in [0.25, 0.3) is 0 Å². The monoisotopic (exact) mass is 312 g/mol. The molecule has 0 amide bonds. The molecule has 1 saturated heterocycles. The molecule has 0 bridgehead atoms. The number of likely N-dealkylation sites (tertiary alicyclic amines) is 1. The van der Waals surface area contributed by atoms with Gasteiger partial charge in [-0.3, -0.25) is 10.00 Å². The van der Waals surface area contributed by atoms with Gasteiger partial charge in [0.05, 0.1) is 11.9 Å². The quantitative estimate of drug-likeness (QED) is 0.912. The van der Waals surface area contributed by atoms with Gasteiger partial charge < -0.3 is 5.32 Å². The Morgan fingerprint density at radius 2 is 2.45 bits per heavy atom. The molecule has 2 aromatic heterocycles. The number of aromatic amines is 1. The molecule has 20 heavy (non-hydrogen) atoms. The summed E-state index contributed by atoms with van der Waals surface area (Å²) < 4.78 is 0. The highest BCUT2D eigenvalue weighted by Crippen LogP contribution is 2.25. The van der Waals surface area contributed by atoms with Crippen LogP contribution < -0.4 is 5.32 Å². The Labute approximate surface area is 130 Å². The number of aromatic nitrogens is 2. The Bertz CT molecular complexity index is 511. The van der Waals surface area contributed by atoms with Gasteiger partial charge in [0.15, 0.2) is 0 Å². The zero-order valence-corrected chi connectivity index (χ0v) is 13.3. The van der Waals surface area contributed by atoms with Gasteiger partial charge in [0, 0.05) is 35.6 Å². The number of piperidine rings is 1. The predicted molar refractivity (Wildman–Crippen MR) is 86.5 cm³/mol. The molecule has 1 fully saturated rings. The van der Waals surface area contributed by atoms with E-state index >= 15 is 0 Å². The van der Waals surface area contributed by atoms with E-state index in [-0.39, 0.29) is 12.4 Å². The summed E-state index contributed by atoms with van der Waals surface area (Å²) in [5, 5.41) is 15.0. The normalized spacial score (nSPS) is 19.8. The first-order valence-corrected chi connectivity index (χ1v) is 7.75. The zero-order chi connectivity index (χ0) is 13.1. The number of H-pyrrole nitrogens is 1. The molecule has 2 aromatic rings. The summed E-state index contributed by atoms with van der Waals surface area (Å²) in [5.74, 6) is 0. The molecule has 4 nitrogen and oxygen atoms in total. The minimum absolute atomic E-state index is 0. The molecule has 0 radical (unpaired) electrons. The van der Waals surface area contributed by atoms with Crippen LogP contribution in [-0.2, 0) is 6.54 Å². The van der Waals surface area contributed by atoms with Crippen molar-refractivity contribution in [2.24, 2.45) is 0 Å². The maximum absolute atomic E-state index is 4.22. The average molecular weight is 313 g/mol. The fourth-order valence-electron chi connectivity index (χ4n) is 2.76. The lowest BCUT2D eigenvalue weighted by Crippen LogP contribution is -2.43. The Morgan fingerprint density at radius 3 is 3.20 bits per heavy atom. The van der Waals surface area contributed by atoms with Crippen molar-refractivity contribution in [3.63, 3.8) is 0 Å². The SMILES string of the molecule is CNC1CCCN(Cc2cn[nH]c2-c2ccsc2)C1.Cl. The summed E-state index contributed by atoms with van der Waals surface area (Å²) in [7, 11) is 2.06. The lowest BCUT2D eigenvalue weighted by atomic mass is 10.0. The van der Waals surface area contributed by atoms with Gasteiger partial charge in [-0.2, -0.15) is 16.4 Å². The van der Waals surface area contributed by atoms with Crippen molar-refractivity contribution >= 4 is 23.7 Å². The van der Waals surface area contributed by atoms with Crippen LogP contribution in [0.3, 0.4) is 0 Å². The van der Waals surface area contributed by atoms with Crippen LogP contribution in [0, 0.1) is 0 Å². The number of rotatable bonds is 4. The minimum Gasteiger partial charge on any atom is -0.316 e. The fourth-order valence-corrected chi connectivity index (χ4v) is 3.41. The number of nitrogens with one attached hydrogen (secondary N) is 2. The van der Waals surface area contributed by atoms with Crippen molar-refractivity contribution in [1.82, 2.24) is 20.4 Å². The van der Waals surface area contributed by atoms with Crippen LogP contribution in [0.4, 0.5) is 0 Å². The second kappa shape index (κ2) is 7.22. The second-order valence-electron chi connectivity index (χ2n) is 5.15. The van der Waals surface area contributed by atoms with E-state index in [1.807, 2.05) is 6.20 Å². The van der Waals surface area contributed by atoms with Gasteiger partial charge in [-0.15, -0.1) is 12.4 Å². The number of halogens is 1. The lowest BCUT2D eigenvalue weighted by molar-refractivity contribution is 0.188. The highest BCUT2D eigenvalue weighted by molar-refractivity contribution is 7.08. The van der Waals surface area contributed by atoms with Gasteiger partial charge >= 0.3 is 0 Å². The van der Waals surface area contributed by atoms with E-state index in [1.165, 1.54) is 36.2 Å². The van der Waals surface area contributed by atoms with Crippen molar-refractivity contribution in [3.05, 3.63) is 28.6 Å². The standard InChI is InChI=1S/C14H20N4S.ClH/c1-15-13-3-2-5-18(9-13)8-12-7-16-17-14(12)11-4-6-19-10-11;/h4,6-7,10,13,15H,2-3,5,8-9H2,1H3,(H,16,17);1H. The minimum atomic E-state index is 0. The summed E-state index contributed by atoms with van der Waals surface area (Å²) in [6.07, 6.45) is 4.53. The molecule has 1 atom stereocenters. The highest BCUT2D eigenvalue weighted by atomic mass is 35.5. The Hall–Kier alpha value is -0.880. The molecule has 1 aliphatic rings. The molecule has 6 heteroatoms. The lowest BCUT2D eigenvalue weighted by Gasteiger charge is -2.32. The van der Waals surface area contributed by atoms with Gasteiger partial charge in [-0.1, -0.05) is 0 Å². The smallest absolute Gasteiger partial charge is 0.0703 e. The molecule has 0 spiro atoms. The Kier molecular flexibility index (Phi) is 5.60. The summed E-state index contributed by atoms with van der Waals surface area (Å²) in [6.45, 7) is 3.30. The first-order chi connectivity index (χ1) is 9.36. The molecule has 110 valence electrons. The third-order valence-electron chi connectivity index (χ3n) is 3.84. The topological polar surface area (TPSA) is 44.0 Å². The first kappa shape index (κ1) is 15.5. The molecule has 3 heterocycles. The Morgan fingerprint density at radius 1 is 1.55 bits per heavy atom. The van der Waals surface area contributed by atoms with Crippen LogP contribution in [0.25, 0.3) is 11.3 Å². The second-order valence-corrected chi connectivity index (χ2v) is 5.93. The molecule has 3 rings (SSSR count). The van der Waals surface area contributed by atoms with E-state index < -0.39 is 0 Å². The number of likely N-dealkylation sites (N-methyl/N-ethyl adjacent to an activating group) is 1. The van der Waals surface area contributed by atoms with Crippen LogP contribution in [0.2, 0.25) is 0 Å². The van der Waals surface area contributed by atoms with E-state index in [2.05, 4.69) is 44.3 Å². The average Bonchev–Trinajstić information content (AvgIpc) is 3.09. The molecule has 0 aliphatic carbocycles. The van der Waals surface area contributed by atoms with E-state index in [0.29, 0.717) is 6.04 Å². The van der Waals surface area contributed by atoms with Crippen molar-refractivity contribution in [1.29, 1.82) is 0 Å². The van der Waals surface area contributed by atoms with Crippen molar-refractivity contribution < 1.29 is 0 Å². The number of hydrogen-bond acceptors (Lipinski definition) is 4. The van der Waals surface area contributed by atoms with Gasteiger partial charge in [0.2, 0.25) is 0 Å². The van der Waals surface area contributed by atoms with Gasteiger partial charge in [-0.25, -0.2) is 0 Å². The van der Waals surface area contributed by atoms with Gasteiger partial charge in [0.1, 0.15) is 0 Å². The van der Waals surface area contributed by atoms with Crippen molar-refractivity contribution in [2.75, 3.05) is 20.1 Å². The maximum Gasteiger partial charge on any atom is 0.0703 e. The summed E-state index contributed by atoms with van der Waals surface area (Å²) in [4.78, 5) is 2.52. The fraction of sp³-hybridized carbons (Fsp3) is 0.500. The highest BCUT2D eigenvalue weighted by Gasteiger charge is 2.20. The van der Waals surface area contributed by atoms with Crippen LogP contribution in [0.15, 0.2) is 23.0 Å². The van der Waals surface area contributed by atoms with Crippen LogP contribution >= 0.6 is 23.7 Å². The summed E-state index contributed by atoms with van der Waals surface area (Å²) >= 11 is 1.73. The van der Waals surface area contributed by atoms with Crippen LogP contribution in [-0.4, -0.2) is 41.3 Å². The van der Waals surface area contributed by atoms with E-state index in [9.17, 15) is 0 Å². The number of nitrogens with zero attached hydrogens (tertiary/aromatic N) is 2. The maximum atomic E-state index is 4.22.